The van der Waals surface area contributed by atoms with Gasteiger partial charge in [0.15, 0.2) is 0 Å². The van der Waals surface area contributed by atoms with Gasteiger partial charge in [0, 0.05) is 38.8 Å². The summed E-state index contributed by atoms with van der Waals surface area (Å²) in [5.41, 5.74) is 7.69. The van der Waals surface area contributed by atoms with Crippen molar-refractivity contribution in [3.8, 4) is 0 Å². The first-order chi connectivity index (χ1) is 10.2. The Hall–Kier alpha value is -1.78. The summed E-state index contributed by atoms with van der Waals surface area (Å²) in [6.07, 6.45) is 8.75. The summed E-state index contributed by atoms with van der Waals surface area (Å²) < 4.78 is 0. The molecule has 0 aliphatic carbocycles. The molecule has 2 heterocycles. The van der Waals surface area contributed by atoms with Crippen molar-refractivity contribution in [2.24, 2.45) is 0 Å². The van der Waals surface area contributed by atoms with Crippen molar-refractivity contribution >= 4 is 17.3 Å². The Kier molecular flexibility index (Phi) is 5.84. The zero-order chi connectivity index (χ0) is 15.1. The number of carbonyl (C=O) groups excluding carboxylic acids is 1. The molecule has 1 saturated heterocycles. The summed E-state index contributed by atoms with van der Waals surface area (Å²) in [6.45, 7) is 5.44. The Morgan fingerprint density at radius 1 is 1.24 bits per heavy atom. The van der Waals surface area contributed by atoms with Crippen LogP contribution < -0.4 is 10.6 Å². The molecule has 1 aromatic heterocycles. The highest BCUT2D eigenvalue weighted by Crippen LogP contribution is 2.22. The van der Waals surface area contributed by atoms with E-state index in [4.69, 9.17) is 5.73 Å². The van der Waals surface area contributed by atoms with Gasteiger partial charge in [-0.2, -0.15) is 0 Å². The summed E-state index contributed by atoms with van der Waals surface area (Å²) >= 11 is 0. The molecule has 0 spiro atoms. The van der Waals surface area contributed by atoms with Crippen LogP contribution in [0.25, 0.3) is 0 Å². The maximum Gasteiger partial charge on any atom is 0.222 e. The van der Waals surface area contributed by atoms with Crippen molar-refractivity contribution in [1.29, 1.82) is 0 Å². The highest BCUT2D eigenvalue weighted by molar-refractivity contribution is 5.76. The topological polar surface area (TPSA) is 62.5 Å². The molecule has 1 aromatic rings. The molecule has 116 valence electrons. The number of pyridine rings is 1. The molecule has 1 aliphatic heterocycles. The molecule has 5 heteroatoms. The third kappa shape index (κ3) is 4.34. The minimum atomic E-state index is 0.299. The molecule has 1 fully saturated rings. The van der Waals surface area contributed by atoms with Gasteiger partial charge in [0.25, 0.3) is 0 Å². The molecule has 2 N–H and O–H groups in total. The zero-order valence-corrected chi connectivity index (χ0v) is 12.9. The molecule has 1 amide bonds. The minimum absolute atomic E-state index is 0.299. The van der Waals surface area contributed by atoms with Crippen molar-refractivity contribution in [2.75, 3.05) is 36.8 Å². The molecule has 0 unspecified atom stereocenters. The first-order valence-corrected chi connectivity index (χ1v) is 7.94. The van der Waals surface area contributed by atoms with Gasteiger partial charge in [-0.15, -0.1) is 0 Å². The molecule has 0 aromatic carbocycles. The number of amides is 1. The van der Waals surface area contributed by atoms with Crippen LogP contribution in [0.5, 0.6) is 0 Å². The summed E-state index contributed by atoms with van der Waals surface area (Å²) in [5.74, 6) is 0.299. The first kappa shape index (κ1) is 15.6. The van der Waals surface area contributed by atoms with Gasteiger partial charge in [-0.1, -0.05) is 26.2 Å². The van der Waals surface area contributed by atoms with Crippen LogP contribution in [-0.2, 0) is 4.79 Å². The van der Waals surface area contributed by atoms with Gasteiger partial charge in [0.05, 0.1) is 17.6 Å². The highest BCUT2D eigenvalue weighted by atomic mass is 16.2. The number of nitrogens with two attached hydrogens (primary N) is 1. The third-order valence-electron chi connectivity index (χ3n) is 4.05. The SMILES string of the molecule is CCCCCCC(=O)N1CCN(c2ccncc2N)CC1. The number of hydrogen-bond donors (Lipinski definition) is 1. The van der Waals surface area contributed by atoms with Crippen molar-refractivity contribution in [1.82, 2.24) is 9.88 Å². The van der Waals surface area contributed by atoms with E-state index >= 15 is 0 Å². The standard InChI is InChI=1S/C16H26N4O/c1-2-3-4-5-6-16(21)20-11-9-19(10-12-20)15-7-8-18-13-14(15)17/h7-8,13H,2-6,9-12,17H2,1H3. The smallest absolute Gasteiger partial charge is 0.222 e. The van der Waals surface area contributed by atoms with Gasteiger partial charge in [-0.3, -0.25) is 9.78 Å². The normalized spacial score (nSPS) is 15.3. The average molecular weight is 290 g/mol. The minimum Gasteiger partial charge on any atom is -0.396 e. The molecule has 0 bridgehead atoms. The van der Waals surface area contributed by atoms with Crippen LogP contribution in [0.2, 0.25) is 0 Å². The summed E-state index contributed by atoms with van der Waals surface area (Å²) in [7, 11) is 0. The first-order valence-electron chi connectivity index (χ1n) is 7.94. The molecule has 0 atom stereocenters. The Balaban J connectivity index is 1.78. The van der Waals surface area contributed by atoms with Crippen LogP contribution in [-0.4, -0.2) is 42.0 Å². The van der Waals surface area contributed by atoms with Gasteiger partial charge in [-0.25, -0.2) is 0 Å². The number of rotatable bonds is 6. The van der Waals surface area contributed by atoms with Gasteiger partial charge in [0.2, 0.25) is 5.91 Å². The molecule has 5 nitrogen and oxygen atoms in total. The van der Waals surface area contributed by atoms with Crippen LogP contribution in [0.15, 0.2) is 18.5 Å². The zero-order valence-electron chi connectivity index (χ0n) is 12.9. The average Bonchev–Trinajstić information content (AvgIpc) is 2.52. The van der Waals surface area contributed by atoms with Crippen molar-refractivity contribution in [3.63, 3.8) is 0 Å². The van der Waals surface area contributed by atoms with E-state index < -0.39 is 0 Å². The number of nitrogens with zero attached hydrogens (tertiary/aromatic N) is 3. The summed E-state index contributed by atoms with van der Waals surface area (Å²) in [5, 5.41) is 0. The number of unbranched alkanes of at least 4 members (excludes halogenated alkanes) is 3. The fourth-order valence-electron chi connectivity index (χ4n) is 2.75. The van der Waals surface area contributed by atoms with Gasteiger partial charge >= 0.3 is 0 Å². The molecular formula is C16H26N4O. The van der Waals surface area contributed by atoms with Gasteiger partial charge in [0.1, 0.15) is 0 Å². The summed E-state index contributed by atoms with van der Waals surface area (Å²) in [6, 6.07) is 1.94. The summed E-state index contributed by atoms with van der Waals surface area (Å²) in [4.78, 5) is 20.4. The molecule has 1 aliphatic rings. The van der Waals surface area contributed by atoms with Crippen molar-refractivity contribution in [2.45, 2.75) is 39.0 Å². The predicted octanol–water partition coefficient (Wildman–Crippen LogP) is 2.28. The lowest BCUT2D eigenvalue weighted by Gasteiger charge is -2.36. The largest absolute Gasteiger partial charge is 0.396 e. The molecule has 2 rings (SSSR count). The van der Waals surface area contributed by atoms with Crippen LogP contribution in [0.4, 0.5) is 11.4 Å². The maximum absolute atomic E-state index is 12.1. The quantitative estimate of drug-likeness (QED) is 0.816. The molecule has 0 saturated carbocycles. The van der Waals surface area contributed by atoms with Crippen LogP contribution >= 0.6 is 0 Å². The Morgan fingerprint density at radius 2 is 2.00 bits per heavy atom. The molecular weight excluding hydrogens is 264 g/mol. The van der Waals surface area contributed by atoms with Gasteiger partial charge < -0.3 is 15.5 Å². The van der Waals surface area contributed by atoms with E-state index in [0.717, 1.165) is 44.7 Å². The predicted molar refractivity (Wildman–Crippen MR) is 86.2 cm³/mol. The second-order valence-corrected chi connectivity index (χ2v) is 5.61. The maximum atomic E-state index is 12.1. The van der Waals surface area contributed by atoms with Crippen LogP contribution in [0.1, 0.15) is 39.0 Å². The number of nitrogen functional groups attached to an aromatic ring is 1. The van der Waals surface area contributed by atoms with E-state index in [1.807, 2.05) is 11.0 Å². The third-order valence-corrected chi connectivity index (χ3v) is 4.05. The lowest BCUT2D eigenvalue weighted by atomic mass is 10.1. The highest BCUT2D eigenvalue weighted by Gasteiger charge is 2.21. The number of aromatic nitrogens is 1. The number of carbonyl (C=O) groups is 1. The fraction of sp³-hybridized carbons (Fsp3) is 0.625. The number of piperazine rings is 1. The van der Waals surface area contributed by atoms with Crippen molar-refractivity contribution < 1.29 is 4.79 Å². The molecule has 21 heavy (non-hydrogen) atoms. The Bertz CT molecular complexity index is 455. The van der Waals surface area contributed by atoms with E-state index in [2.05, 4.69) is 16.8 Å². The van der Waals surface area contributed by atoms with Crippen molar-refractivity contribution in [3.05, 3.63) is 18.5 Å². The van der Waals surface area contributed by atoms with E-state index in [0.29, 0.717) is 18.0 Å². The Labute approximate surface area is 127 Å². The van der Waals surface area contributed by atoms with Crippen LogP contribution in [0, 0.1) is 0 Å². The van der Waals surface area contributed by atoms with E-state index in [-0.39, 0.29) is 0 Å². The number of hydrogen-bond acceptors (Lipinski definition) is 4. The number of anilines is 2. The second kappa shape index (κ2) is 7.86. The second-order valence-electron chi connectivity index (χ2n) is 5.61. The lowest BCUT2D eigenvalue weighted by molar-refractivity contribution is -0.131. The Morgan fingerprint density at radius 3 is 2.67 bits per heavy atom. The lowest BCUT2D eigenvalue weighted by Crippen LogP contribution is -2.48. The van der Waals surface area contributed by atoms with E-state index in [9.17, 15) is 4.79 Å². The monoisotopic (exact) mass is 290 g/mol. The van der Waals surface area contributed by atoms with E-state index in [1.54, 1.807) is 12.4 Å². The van der Waals surface area contributed by atoms with Crippen LogP contribution in [0.3, 0.4) is 0 Å². The fourth-order valence-corrected chi connectivity index (χ4v) is 2.75. The molecule has 0 radical (unpaired) electrons. The van der Waals surface area contributed by atoms with Gasteiger partial charge in [-0.05, 0) is 12.5 Å². The van der Waals surface area contributed by atoms with E-state index in [1.165, 1.54) is 12.8 Å².